The van der Waals surface area contributed by atoms with E-state index in [1.54, 1.807) is 12.0 Å². The summed E-state index contributed by atoms with van der Waals surface area (Å²) in [6, 6.07) is 0. The zero-order valence-electron chi connectivity index (χ0n) is 16.3. The topological polar surface area (TPSA) is 67.8 Å². The second kappa shape index (κ2) is 7.88. The second-order valence-corrected chi connectivity index (χ2v) is 8.12. The van der Waals surface area contributed by atoms with Gasteiger partial charge in [0, 0.05) is 44.9 Å². The van der Waals surface area contributed by atoms with Crippen LogP contribution in [0.4, 0.5) is 4.79 Å². The quantitative estimate of drug-likeness (QED) is 0.822. The SMILES string of the molecule is COC1CCN(Cc2ncc3c(n2)CCN(C(=O)OC(C)(C)C)C3)CC1. The summed E-state index contributed by atoms with van der Waals surface area (Å²) in [6.07, 6.45) is 4.85. The predicted octanol–water partition coefficient (Wildman–Crippen LogP) is 2.38. The molecule has 1 aromatic heterocycles. The molecule has 0 aliphatic carbocycles. The van der Waals surface area contributed by atoms with Gasteiger partial charge in [-0.05, 0) is 33.6 Å². The first kappa shape index (κ1) is 19.0. The van der Waals surface area contributed by atoms with Crippen molar-refractivity contribution in [3.63, 3.8) is 0 Å². The first-order valence-electron chi connectivity index (χ1n) is 9.41. The predicted molar refractivity (Wildman–Crippen MR) is 97.7 cm³/mol. The summed E-state index contributed by atoms with van der Waals surface area (Å²) < 4.78 is 10.9. The van der Waals surface area contributed by atoms with Crippen LogP contribution < -0.4 is 0 Å². The van der Waals surface area contributed by atoms with Gasteiger partial charge in [0.15, 0.2) is 0 Å². The standard InChI is InChI=1S/C19H30N4O3/c1-19(2,3)26-18(24)23-10-7-16-14(12-23)11-20-17(21-16)13-22-8-5-15(25-4)6-9-22/h11,15H,5-10,12-13H2,1-4H3. The van der Waals surface area contributed by atoms with Gasteiger partial charge in [-0.3, -0.25) is 4.90 Å². The number of nitrogens with zero attached hydrogens (tertiary/aromatic N) is 4. The molecule has 0 unspecified atom stereocenters. The number of amides is 1. The Bertz CT molecular complexity index is 636. The van der Waals surface area contributed by atoms with Crippen molar-refractivity contribution in [1.29, 1.82) is 0 Å². The van der Waals surface area contributed by atoms with Crippen molar-refractivity contribution in [3.8, 4) is 0 Å². The van der Waals surface area contributed by atoms with Crippen LogP contribution in [0.5, 0.6) is 0 Å². The summed E-state index contributed by atoms with van der Waals surface area (Å²) in [4.78, 5) is 25.6. The molecule has 1 aromatic rings. The van der Waals surface area contributed by atoms with Gasteiger partial charge in [-0.25, -0.2) is 14.8 Å². The van der Waals surface area contributed by atoms with Crippen LogP contribution in [-0.4, -0.2) is 64.3 Å². The number of methoxy groups -OCH3 is 1. The van der Waals surface area contributed by atoms with Crippen LogP contribution in [0.15, 0.2) is 6.20 Å². The first-order valence-corrected chi connectivity index (χ1v) is 9.41. The van der Waals surface area contributed by atoms with E-state index in [0.717, 1.165) is 56.0 Å². The Morgan fingerprint density at radius 2 is 2.00 bits per heavy atom. The highest BCUT2D eigenvalue weighted by molar-refractivity contribution is 5.68. The summed E-state index contributed by atoms with van der Waals surface area (Å²) in [5.74, 6) is 0.866. The number of likely N-dealkylation sites (tertiary alicyclic amines) is 1. The minimum absolute atomic E-state index is 0.270. The van der Waals surface area contributed by atoms with Crippen molar-refractivity contribution in [2.24, 2.45) is 0 Å². The first-order chi connectivity index (χ1) is 12.3. The van der Waals surface area contributed by atoms with Crippen LogP contribution in [0.1, 0.15) is 50.7 Å². The highest BCUT2D eigenvalue weighted by Gasteiger charge is 2.27. The van der Waals surface area contributed by atoms with Gasteiger partial charge < -0.3 is 14.4 Å². The molecule has 0 atom stereocenters. The third kappa shape index (κ3) is 4.92. The van der Waals surface area contributed by atoms with Crippen molar-refractivity contribution in [2.75, 3.05) is 26.7 Å². The second-order valence-electron chi connectivity index (χ2n) is 8.12. The number of fused-ring (bicyclic) bond motifs is 1. The molecule has 0 radical (unpaired) electrons. The largest absolute Gasteiger partial charge is 0.444 e. The van der Waals surface area contributed by atoms with Crippen LogP contribution in [0.3, 0.4) is 0 Å². The van der Waals surface area contributed by atoms with E-state index in [1.165, 1.54) is 0 Å². The van der Waals surface area contributed by atoms with E-state index < -0.39 is 5.60 Å². The molecule has 1 saturated heterocycles. The molecule has 0 N–H and O–H groups in total. The van der Waals surface area contributed by atoms with Gasteiger partial charge in [-0.1, -0.05) is 0 Å². The third-order valence-corrected chi connectivity index (χ3v) is 4.87. The molecule has 144 valence electrons. The maximum atomic E-state index is 12.3. The minimum atomic E-state index is -0.478. The molecule has 1 fully saturated rings. The van der Waals surface area contributed by atoms with E-state index in [2.05, 4.69) is 9.88 Å². The maximum Gasteiger partial charge on any atom is 0.410 e. The van der Waals surface area contributed by atoms with E-state index >= 15 is 0 Å². The van der Waals surface area contributed by atoms with Gasteiger partial charge in [-0.2, -0.15) is 0 Å². The Morgan fingerprint density at radius 1 is 1.27 bits per heavy atom. The number of piperidine rings is 1. The fourth-order valence-electron chi connectivity index (χ4n) is 3.42. The van der Waals surface area contributed by atoms with Crippen molar-refractivity contribution >= 4 is 6.09 Å². The van der Waals surface area contributed by atoms with E-state index in [4.69, 9.17) is 14.5 Å². The molecule has 0 spiro atoms. The number of hydrogen-bond acceptors (Lipinski definition) is 6. The lowest BCUT2D eigenvalue weighted by atomic mass is 10.1. The lowest BCUT2D eigenvalue weighted by Gasteiger charge is -2.32. The normalized spacial score (nSPS) is 19.3. The lowest BCUT2D eigenvalue weighted by Crippen LogP contribution is -2.40. The molecule has 1 amide bonds. The molecular formula is C19H30N4O3. The third-order valence-electron chi connectivity index (χ3n) is 4.87. The molecule has 0 saturated carbocycles. The molecule has 7 heteroatoms. The highest BCUT2D eigenvalue weighted by atomic mass is 16.6. The Morgan fingerprint density at radius 3 is 2.65 bits per heavy atom. The van der Waals surface area contributed by atoms with Gasteiger partial charge in [0.2, 0.25) is 0 Å². The maximum absolute atomic E-state index is 12.3. The molecule has 26 heavy (non-hydrogen) atoms. The number of hydrogen-bond donors (Lipinski definition) is 0. The number of aromatic nitrogens is 2. The van der Waals surface area contributed by atoms with Gasteiger partial charge >= 0.3 is 6.09 Å². The van der Waals surface area contributed by atoms with Crippen LogP contribution >= 0.6 is 0 Å². The zero-order chi connectivity index (χ0) is 18.7. The summed E-state index contributed by atoms with van der Waals surface area (Å²) >= 11 is 0. The van der Waals surface area contributed by atoms with E-state index in [1.807, 2.05) is 27.0 Å². The van der Waals surface area contributed by atoms with Gasteiger partial charge in [0.1, 0.15) is 11.4 Å². The van der Waals surface area contributed by atoms with E-state index in [-0.39, 0.29) is 6.09 Å². The highest BCUT2D eigenvalue weighted by Crippen LogP contribution is 2.20. The molecular weight excluding hydrogens is 332 g/mol. The fraction of sp³-hybridized carbons (Fsp3) is 0.737. The molecule has 0 aromatic carbocycles. The summed E-state index contributed by atoms with van der Waals surface area (Å²) in [7, 11) is 1.79. The summed E-state index contributed by atoms with van der Waals surface area (Å²) in [5.41, 5.74) is 1.60. The molecule has 3 heterocycles. The number of carbonyl (C=O) groups is 1. The van der Waals surface area contributed by atoms with Crippen LogP contribution in [0, 0.1) is 0 Å². The summed E-state index contributed by atoms with van der Waals surface area (Å²) in [5, 5.41) is 0. The van der Waals surface area contributed by atoms with Gasteiger partial charge in [-0.15, -0.1) is 0 Å². The number of rotatable bonds is 3. The van der Waals surface area contributed by atoms with E-state index in [0.29, 0.717) is 19.2 Å². The van der Waals surface area contributed by atoms with Crippen molar-refractivity contribution in [1.82, 2.24) is 19.8 Å². The fourth-order valence-corrected chi connectivity index (χ4v) is 3.42. The molecule has 2 aliphatic rings. The van der Waals surface area contributed by atoms with Crippen LogP contribution in [0.2, 0.25) is 0 Å². The number of carbonyl (C=O) groups excluding carboxylic acids is 1. The van der Waals surface area contributed by atoms with Crippen LogP contribution in [-0.2, 0) is 29.0 Å². The minimum Gasteiger partial charge on any atom is -0.444 e. The zero-order valence-corrected chi connectivity index (χ0v) is 16.3. The number of ether oxygens (including phenoxy) is 2. The van der Waals surface area contributed by atoms with Gasteiger partial charge in [0.05, 0.1) is 24.9 Å². The Kier molecular flexibility index (Phi) is 5.77. The molecule has 2 aliphatic heterocycles. The van der Waals surface area contributed by atoms with Crippen molar-refractivity contribution in [2.45, 2.75) is 64.8 Å². The Labute approximate surface area is 155 Å². The summed E-state index contributed by atoms with van der Waals surface area (Å²) in [6.45, 7) is 9.62. The van der Waals surface area contributed by atoms with Crippen molar-refractivity contribution in [3.05, 3.63) is 23.3 Å². The monoisotopic (exact) mass is 362 g/mol. The average molecular weight is 362 g/mol. The molecule has 0 bridgehead atoms. The Hall–Kier alpha value is -1.73. The average Bonchev–Trinajstić information content (AvgIpc) is 2.60. The smallest absolute Gasteiger partial charge is 0.410 e. The van der Waals surface area contributed by atoms with Gasteiger partial charge in [0.25, 0.3) is 0 Å². The van der Waals surface area contributed by atoms with E-state index in [9.17, 15) is 4.79 Å². The lowest BCUT2D eigenvalue weighted by molar-refractivity contribution is 0.0221. The molecule has 7 nitrogen and oxygen atoms in total. The van der Waals surface area contributed by atoms with Crippen molar-refractivity contribution < 1.29 is 14.3 Å². The molecule has 3 rings (SSSR count). The Balaban J connectivity index is 1.58. The van der Waals surface area contributed by atoms with Crippen LogP contribution in [0.25, 0.3) is 0 Å².